The summed E-state index contributed by atoms with van der Waals surface area (Å²) in [6.45, 7) is 0.117. The van der Waals surface area contributed by atoms with Gasteiger partial charge in [-0.3, -0.25) is 4.79 Å². The van der Waals surface area contributed by atoms with Crippen molar-refractivity contribution in [2.24, 2.45) is 0 Å². The summed E-state index contributed by atoms with van der Waals surface area (Å²) in [5, 5.41) is 6.05. The molecule has 27 heavy (non-hydrogen) atoms. The molecule has 3 aromatic rings. The first-order valence-electron chi connectivity index (χ1n) is 9.02. The van der Waals surface area contributed by atoms with Gasteiger partial charge in [-0.15, -0.1) is 11.3 Å². The Balaban J connectivity index is 1.44. The van der Waals surface area contributed by atoms with E-state index >= 15 is 0 Å². The molecule has 0 atom stereocenters. The number of rotatable bonds is 6. The third kappa shape index (κ3) is 3.49. The molecule has 0 amide bonds. The van der Waals surface area contributed by atoms with Crippen LogP contribution in [-0.2, 0) is 21.6 Å². The van der Waals surface area contributed by atoms with Crippen molar-refractivity contribution < 1.29 is 18.8 Å². The summed E-state index contributed by atoms with van der Waals surface area (Å²) in [7, 11) is 1.63. The number of benzene rings is 1. The van der Waals surface area contributed by atoms with Gasteiger partial charge >= 0.3 is 5.97 Å². The van der Waals surface area contributed by atoms with E-state index in [4.69, 9.17) is 14.0 Å². The molecule has 1 aromatic carbocycles. The molecule has 2 heterocycles. The van der Waals surface area contributed by atoms with E-state index < -0.39 is 5.41 Å². The van der Waals surface area contributed by atoms with E-state index in [1.165, 1.54) is 0 Å². The van der Waals surface area contributed by atoms with Crippen LogP contribution in [-0.4, -0.2) is 18.2 Å². The fraction of sp³-hybridized carbons (Fsp3) is 0.333. The summed E-state index contributed by atoms with van der Waals surface area (Å²) in [6.07, 6.45) is 3.81. The molecule has 0 unspecified atom stereocenters. The first-order valence-corrected chi connectivity index (χ1v) is 9.90. The van der Waals surface area contributed by atoms with Crippen molar-refractivity contribution in [2.75, 3.05) is 7.11 Å². The normalized spacial score (nSPS) is 15.6. The van der Waals surface area contributed by atoms with Gasteiger partial charge in [0.05, 0.1) is 7.11 Å². The molecule has 1 aliphatic rings. The highest BCUT2D eigenvalue weighted by Crippen LogP contribution is 2.44. The molecule has 4 rings (SSSR count). The van der Waals surface area contributed by atoms with E-state index in [-0.39, 0.29) is 12.6 Å². The zero-order valence-corrected chi connectivity index (χ0v) is 16.0. The van der Waals surface area contributed by atoms with Crippen LogP contribution in [0, 0.1) is 0 Å². The molecule has 2 aromatic heterocycles. The number of carbonyl (C=O) groups is 1. The van der Waals surface area contributed by atoms with Crippen molar-refractivity contribution in [1.29, 1.82) is 0 Å². The topological polar surface area (TPSA) is 61.6 Å². The van der Waals surface area contributed by atoms with E-state index in [0.717, 1.165) is 41.9 Å². The summed E-state index contributed by atoms with van der Waals surface area (Å²) in [5.41, 5.74) is 1.01. The van der Waals surface area contributed by atoms with Gasteiger partial charge in [-0.2, -0.15) is 0 Å². The van der Waals surface area contributed by atoms with Gasteiger partial charge in [0, 0.05) is 16.5 Å². The third-order valence-electron chi connectivity index (χ3n) is 5.13. The lowest BCUT2D eigenvalue weighted by molar-refractivity contribution is -0.152. The van der Waals surface area contributed by atoms with Gasteiger partial charge in [0.25, 0.3) is 0 Å². The van der Waals surface area contributed by atoms with E-state index in [0.29, 0.717) is 11.5 Å². The molecule has 0 bridgehead atoms. The van der Waals surface area contributed by atoms with Gasteiger partial charge in [0.15, 0.2) is 5.76 Å². The number of hydrogen-bond acceptors (Lipinski definition) is 6. The summed E-state index contributed by atoms with van der Waals surface area (Å²) < 4.78 is 16.2. The van der Waals surface area contributed by atoms with Crippen LogP contribution in [0.3, 0.4) is 0 Å². The van der Waals surface area contributed by atoms with Crippen molar-refractivity contribution in [3.05, 3.63) is 58.4 Å². The summed E-state index contributed by atoms with van der Waals surface area (Å²) in [5.74, 6) is 1.26. The Morgan fingerprint density at radius 2 is 2.00 bits per heavy atom. The van der Waals surface area contributed by atoms with Crippen LogP contribution >= 0.6 is 11.3 Å². The molecule has 6 heteroatoms. The highest BCUT2D eigenvalue weighted by molar-refractivity contribution is 7.10. The summed E-state index contributed by atoms with van der Waals surface area (Å²) >= 11 is 1.63. The van der Waals surface area contributed by atoms with E-state index in [1.54, 1.807) is 18.4 Å². The van der Waals surface area contributed by atoms with Crippen molar-refractivity contribution in [3.8, 4) is 17.1 Å². The molecule has 0 saturated heterocycles. The molecule has 1 saturated carbocycles. The number of nitrogens with zero attached hydrogens (tertiary/aromatic N) is 1. The largest absolute Gasteiger partial charge is 0.497 e. The average Bonchev–Trinajstić information content (AvgIpc) is 3.47. The maximum absolute atomic E-state index is 12.9. The van der Waals surface area contributed by atoms with E-state index in [2.05, 4.69) is 5.16 Å². The number of methoxy groups -OCH3 is 1. The summed E-state index contributed by atoms with van der Waals surface area (Å²) in [6, 6.07) is 13.4. The lowest BCUT2D eigenvalue weighted by Crippen LogP contribution is -2.33. The standard InChI is InChI=1S/C21H21NO4S/c1-24-17-8-6-15(7-9-17)18-13-16(22-26-18)14-25-20(23)21(10-2-3-11-21)19-5-4-12-27-19/h4-9,12-13H,2-3,10-11,14H2,1H3. The zero-order chi connectivity index (χ0) is 18.7. The lowest BCUT2D eigenvalue weighted by Gasteiger charge is -2.25. The average molecular weight is 383 g/mol. The van der Waals surface area contributed by atoms with Crippen LogP contribution in [0.2, 0.25) is 0 Å². The Bertz CT molecular complexity index is 893. The molecule has 0 radical (unpaired) electrons. The quantitative estimate of drug-likeness (QED) is 0.563. The fourth-order valence-electron chi connectivity index (χ4n) is 3.63. The van der Waals surface area contributed by atoms with Crippen molar-refractivity contribution in [3.63, 3.8) is 0 Å². The van der Waals surface area contributed by atoms with Gasteiger partial charge in [-0.1, -0.05) is 24.1 Å². The third-order valence-corrected chi connectivity index (χ3v) is 6.20. The fourth-order valence-corrected chi connectivity index (χ4v) is 4.60. The predicted molar refractivity (Wildman–Crippen MR) is 103 cm³/mol. The van der Waals surface area contributed by atoms with E-state index in [9.17, 15) is 4.79 Å². The highest BCUT2D eigenvalue weighted by atomic mass is 32.1. The van der Waals surface area contributed by atoms with Crippen molar-refractivity contribution >= 4 is 17.3 Å². The number of ether oxygens (including phenoxy) is 2. The molecule has 1 aliphatic carbocycles. The van der Waals surface area contributed by atoms with Gasteiger partial charge in [0.1, 0.15) is 23.5 Å². The van der Waals surface area contributed by atoms with Gasteiger partial charge in [0.2, 0.25) is 0 Å². The first-order chi connectivity index (χ1) is 13.2. The van der Waals surface area contributed by atoms with Gasteiger partial charge < -0.3 is 14.0 Å². The number of carbonyl (C=O) groups excluding carboxylic acids is 1. The second-order valence-corrected chi connectivity index (χ2v) is 7.70. The molecule has 140 valence electrons. The van der Waals surface area contributed by atoms with Crippen LogP contribution in [0.1, 0.15) is 36.3 Å². The Labute approximate surface area is 161 Å². The SMILES string of the molecule is COc1ccc(-c2cc(COC(=O)C3(c4cccs4)CCCC3)no2)cc1. The van der Waals surface area contributed by atoms with Crippen LogP contribution < -0.4 is 4.74 Å². The van der Waals surface area contributed by atoms with Gasteiger partial charge in [-0.25, -0.2) is 0 Å². The van der Waals surface area contributed by atoms with Crippen molar-refractivity contribution in [2.45, 2.75) is 37.7 Å². The first kappa shape index (κ1) is 17.8. The van der Waals surface area contributed by atoms with Crippen LogP contribution in [0.5, 0.6) is 5.75 Å². The zero-order valence-electron chi connectivity index (χ0n) is 15.1. The molecular weight excluding hydrogens is 362 g/mol. The van der Waals surface area contributed by atoms with E-state index in [1.807, 2.05) is 47.8 Å². The van der Waals surface area contributed by atoms with Crippen LogP contribution in [0.4, 0.5) is 0 Å². The Kier molecular flexibility index (Phi) is 4.99. The molecule has 5 nitrogen and oxygen atoms in total. The monoisotopic (exact) mass is 383 g/mol. The second-order valence-electron chi connectivity index (χ2n) is 6.75. The molecule has 0 spiro atoms. The number of hydrogen-bond donors (Lipinski definition) is 0. The van der Waals surface area contributed by atoms with Crippen LogP contribution in [0.15, 0.2) is 52.4 Å². The molecular formula is C21H21NO4S. The lowest BCUT2D eigenvalue weighted by atomic mass is 9.84. The van der Waals surface area contributed by atoms with Crippen LogP contribution in [0.25, 0.3) is 11.3 Å². The second kappa shape index (κ2) is 7.56. The smallest absolute Gasteiger partial charge is 0.317 e. The minimum atomic E-state index is -0.489. The van der Waals surface area contributed by atoms with Gasteiger partial charge in [-0.05, 0) is 48.6 Å². The maximum Gasteiger partial charge on any atom is 0.317 e. The Morgan fingerprint density at radius 1 is 1.22 bits per heavy atom. The predicted octanol–water partition coefficient (Wildman–Crippen LogP) is 4.97. The molecule has 0 aliphatic heterocycles. The Morgan fingerprint density at radius 3 is 2.67 bits per heavy atom. The maximum atomic E-state index is 12.9. The molecule has 1 fully saturated rings. The minimum Gasteiger partial charge on any atom is -0.497 e. The Hall–Kier alpha value is -2.60. The number of thiophene rings is 1. The molecule has 0 N–H and O–H groups in total. The summed E-state index contributed by atoms with van der Waals surface area (Å²) in [4.78, 5) is 14.0. The number of aromatic nitrogens is 1. The number of esters is 1. The minimum absolute atomic E-state index is 0.117. The van der Waals surface area contributed by atoms with Crippen molar-refractivity contribution in [1.82, 2.24) is 5.16 Å². The highest BCUT2D eigenvalue weighted by Gasteiger charge is 2.45.